The highest BCUT2D eigenvalue weighted by atomic mass is 32.2. The number of thioether (sulfide) groups is 1. The van der Waals surface area contributed by atoms with Crippen LogP contribution >= 0.6 is 11.8 Å². The molecule has 386 valence electrons. The maximum Gasteiger partial charge on any atom is 0.490 e. The molecule has 18 nitrogen and oxygen atoms in total. The molecule has 0 unspecified atom stereocenters. The van der Waals surface area contributed by atoms with Gasteiger partial charge in [0.05, 0.1) is 70.3 Å². The second-order valence-corrected chi connectivity index (χ2v) is 17.5. The molecule has 24 heteroatoms. The maximum absolute atomic E-state index is 15.1. The molecule has 1 aromatic heterocycles. The summed E-state index contributed by atoms with van der Waals surface area (Å²) in [5, 5.41) is 19.3. The molecule has 2 aromatic carbocycles. The van der Waals surface area contributed by atoms with Crippen LogP contribution in [0.2, 0.25) is 0 Å². The van der Waals surface area contributed by atoms with Gasteiger partial charge in [0.15, 0.2) is 0 Å². The highest BCUT2D eigenvalue weighted by Crippen LogP contribution is 2.40. The number of halogens is 5. The minimum absolute atomic E-state index is 0.00858. The van der Waals surface area contributed by atoms with Gasteiger partial charge < -0.3 is 49.7 Å². The number of imidazole rings is 1. The van der Waals surface area contributed by atoms with Crippen molar-refractivity contribution < 1.29 is 79.9 Å². The van der Waals surface area contributed by atoms with Crippen molar-refractivity contribution in [3.63, 3.8) is 0 Å². The number of carbonyl (C=O) groups is 6. The molecular formula is C46H59F5N6O12S. The van der Waals surface area contributed by atoms with Crippen LogP contribution in [0.25, 0.3) is 11.3 Å². The Balaban J connectivity index is 0.00000171. The van der Waals surface area contributed by atoms with Crippen molar-refractivity contribution in [1.82, 2.24) is 24.7 Å². The van der Waals surface area contributed by atoms with E-state index in [1.54, 1.807) is 11.1 Å². The van der Waals surface area contributed by atoms with Gasteiger partial charge in [-0.3, -0.25) is 28.9 Å². The predicted octanol–water partition coefficient (Wildman–Crippen LogP) is 4.46. The summed E-state index contributed by atoms with van der Waals surface area (Å²) in [4.78, 5) is 77.2. The number of alkyl halides is 3. The van der Waals surface area contributed by atoms with Gasteiger partial charge in [-0.1, -0.05) is 51.1 Å². The summed E-state index contributed by atoms with van der Waals surface area (Å²) in [6.07, 6.45) is -0.948. The van der Waals surface area contributed by atoms with Crippen molar-refractivity contribution in [3.8, 4) is 11.3 Å². The highest BCUT2D eigenvalue weighted by molar-refractivity contribution is 7.99. The lowest BCUT2D eigenvalue weighted by Crippen LogP contribution is -2.46. The minimum Gasteiger partial charge on any atom is -0.480 e. The molecule has 70 heavy (non-hydrogen) atoms. The standard InChI is InChI=1S/C44H58F2N6O10S.C2HF3O2/c1-44(2,3)41(42-49-36(33-27-32(45)9-10-34(33)46)29-50(42)28-31-7-5-4-6-8-31)52(16-13-35(47)43(57)58)40(56)30-63-26-25-62-24-23-61-22-21-60-20-19-59-18-14-37(53)48-15-17-51-38(54)11-12-39(51)55;3-2(4,5)1(6)7/h4-12,27,29,35,41H,13-26,28,30,47H2,1-3H3,(H,48,53)(H,57,58);(H,6,7)/t35-,41-;/m0./s1. The normalized spacial score (nSPS) is 13.5. The molecule has 1 aliphatic heterocycles. The number of rotatable bonds is 29. The average Bonchev–Trinajstić information content (AvgIpc) is 3.85. The van der Waals surface area contributed by atoms with Crippen molar-refractivity contribution in [2.45, 2.75) is 58.4 Å². The smallest absolute Gasteiger partial charge is 0.480 e. The van der Waals surface area contributed by atoms with Crippen LogP contribution in [0.5, 0.6) is 0 Å². The molecule has 4 amide bonds. The summed E-state index contributed by atoms with van der Waals surface area (Å²) in [6.45, 7) is 8.89. The van der Waals surface area contributed by atoms with E-state index >= 15 is 4.39 Å². The summed E-state index contributed by atoms with van der Waals surface area (Å²) in [5.41, 5.74) is 6.35. The SMILES string of the molecule is CC(C)(C)[C@H](c1nc(-c2cc(F)ccc2F)cn1Cc1ccccc1)N(CC[C@H](N)C(=O)O)C(=O)CSCCOCCOCCOCCOCCC(=O)NCCN1C(=O)C=CC1=O.O=C(O)C(F)(F)F. The van der Waals surface area contributed by atoms with E-state index in [-0.39, 0.29) is 67.9 Å². The number of nitrogens with one attached hydrogen (secondary N) is 1. The fourth-order valence-corrected chi connectivity index (χ4v) is 7.23. The van der Waals surface area contributed by atoms with Crippen LogP contribution in [0.3, 0.4) is 0 Å². The Morgan fingerprint density at radius 2 is 1.43 bits per heavy atom. The highest BCUT2D eigenvalue weighted by Gasteiger charge is 2.39. The van der Waals surface area contributed by atoms with Crippen molar-refractivity contribution in [1.29, 1.82) is 0 Å². The van der Waals surface area contributed by atoms with E-state index in [9.17, 15) is 46.6 Å². The maximum atomic E-state index is 15.1. The number of benzene rings is 2. The van der Waals surface area contributed by atoms with Crippen LogP contribution in [-0.4, -0.2) is 161 Å². The molecule has 0 saturated carbocycles. The topological polar surface area (TPSA) is 242 Å². The molecule has 2 atom stereocenters. The second-order valence-electron chi connectivity index (χ2n) is 16.4. The number of carboxylic acids is 2. The van der Waals surface area contributed by atoms with Crippen LogP contribution < -0.4 is 11.1 Å². The first-order valence-corrected chi connectivity index (χ1v) is 23.1. The molecule has 0 spiro atoms. The van der Waals surface area contributed by atoms with Crippen LogP contribution in [0.1, 0.15) is 51.0 Å². The molecular weight excluding hydrogens is 956 g/mol. The molecule has 0 bridgehead atoms. The molecule has 4 rings (SSSR count). The Morgan fingerprint density at radius 3 is 1.99 bits per heavy atom. The van der Waals surface area contributed by atoms with Gasteiger partial charge >= 0.3 is 18.1 Å². The van der Waals surface area contributed by atoms with Crippen molar-refractivity contribution in [2.24, 2.45) is 11.1 Å². The summed E-state index contributed by atoms with van der Waals surface area (Å²) in [5.74, 6) is -5.58. The fraction of sp³-hybridized carbons (Fsp3) is 0.500. The number of amides is 4. The van der Waals surface area contributed by atoms with Crippen molar-refractivity contribution in [3.05, 3.63) is 89.9 Å². The zero-order chi connectivity index (χ0) is 51.9. The van der Waals surface area contributed by atoms with E-state index in [2.05, 4.69) is 5.32 Å². The number of ether oxygens (including phenoxy) is 4. The Labute approximate surface area is 405 Å². The zero-order valence-corrected chi connectivity index (χ0v) is 39.8. The number of aliphatic carboxylic acids is 2. The van der Waals surface area contributed by atoms with E-state index in [0.717, 1.165) is 28.7 Å². The van der Waals surface area contributed by atoms with E-state index < -0.39 is 59.1 Å². The van der Waals surface area contributed by atoms with Gasteiger partial charge in [0.2, 0.25) is 11.8 Å². The summed E-state index contributed by atoms with van der Waals surface area (Å²) in [7, 11) is 0. The fourth-order valence-electron chi connectivity index (χ4n) is 6.51. The van der Waals surface area contributed by atoms with Crippen molar-refractivity contribution >= 4 is 47.3 Å². The lowest BCUT2D eigenvalue weighted by atomic mass is 9.84. The van der Waals surface area contributed by atoms with E-state index in [1.165, 1.54) is 23.9 Å². The predicted molar refractivity (Wildman–Crippen MR) is 245 cm³/mol. The van der Waals surface area contributed by atoms with Gasteiger partial charge in [-0.25, -0.2) is 18.6 Å². The van der Waals surface area contributed by atoms with Crippen LogP contribution in [0.4, 0.5) is 22.0 Å². The molecule has 3 aromatic rings. The molecule has 5 N–H and O–H groups in total. The zero-order valence-electron chi connectivity index (χ0n) is 39.0. The first kappa shape index (κ1) is 58.5. The van der Waals surface area contributed by atoms with Crippen LogP contribution in [0, 0.1) is 17.0 Å². The number of hydrogen-bond donors (Lipinski definition) is 4. The third-order valence-corrected chi connectivity index (χ3v) is 10.8. The molecule has 2 heterocycles. The van der Waals surface area contributed by atoms with Gasteiger partial charge in [0, 0.05) is 62.3 Å². The molecule has 0 radical (unpaired) electrons. The number of carbonyl (C=O) groups excluding carboxylic acids is 4. The van der Waals surface area contributed by atoms with E-state index in [4.69, 9.17) is 39.6 Å². The molecule has 1 aliphatic rings. The Morgan fingerprint density at radius 1 is 0.857 bits per heavy atom. The van der Waals surface area contributed by atoms with Gasteiger partial charge in [-0.05, 0) is 35.6 Å². The first-order chi connectivity index (χ1) is 33.1. The third-order valence-electron chi connectivity index (χ3n) is 9.89. The molecule has 0 saturated heterocycles. The first-order valence-electron chi connectivity index (χ1n) is 21.9. The molecule has 0 aliphatic carbocycles. The van der Waals surface area contributed by atoms with Gasteiger partial charge in [0.1, 0.15) is 23.5 Å². The number of carboxylic acid groups (broad SMARTS) is 2. The third kappa shape index (κ3) is 20.7. The van der Waals surface area contributed by atoms with Crippen LogP contribution in [0.15, 0.2) is 66.9 Å². The Kier molecular flexibility index (Phi) is 24.6. The van der Waals surface area contributed by atoms with Crippen molar-refractivity contribution in [2.75, 3.05) is 84.0 Å². The average molecular weight is 1020 g/mol. The van der Waals surface area contributed by atoms with Gasteiger partial charge in [-0.2, -0.15) is 13.2 Å². The van der Waals surface area contributed by atoms with Gasteiger partial charge in [-0.15, -0.1) is 11.8 Å². The number of hydrogen-bond acceptors (Lipinski definition) is 13. The quantitative estimate of drug-likeness (QED) is 0.0427. The summed E-state index contributed by atoms with van der Waals surface area (Å²) in [6, 6.07) is 10.7. The van der Waals surface area contributed by atoms with Gasteiger partial charge in [0.25, 0.3) is 11.8 Å². The minimum atomic E-state index is -5.08. The number of aromatic nitrogens is 2. The Bertz CT molecular complexity index is 2190. The number of nitrogens with zero attached hydrogens (tertiary/aromatic N) is 4. The monoisotopic (exact) mass is 1010 g/mol. The lowest BCUT2D eigenvalue weighted by molar-refractivity contribution is -0.192. The van der Waals surface area contributed by atoms with E-state index in [0.29, 0.717) is 64.4 Å². The lowest BCUT2D eigenvalue weighted by Gasteiger charge is -2.40. The summed E-state index contributed by atoms with van der Waals surface area (Å²) < 4.78 is 85.1. The largest absolute Gasteiger partial charge is 0.490 e. The Hall–Kier alpha value is -5.79. The van der Waals surface area contributed by atoms with E-state index in [1.807, 2.05) is 55.7 Å². The molecule has 0 fully saturated rings. The van der Waals surface area contributed by atoms with Crippen LogP contribution in [-0.2, 0) is 54.3 Å². The summed E-state index contributed by atoms with van der Waals surface area (Å²) >= 11 is 1.36. The number of imide groups is 1. The second kappa shape index (κ2) is 29.4. The number of nitrogens with two attached hydrogens (primary N) is 1.